The molecule has 2 nitrogen and oxygen atoms in total. The number of aliphatic hydroxyl groups excluding tert-OH is 1. The molecule has 0 heterocycles. The number of aliphatic hydroxyl groups is 1. The first kappa shape index (κ1) is 13.0. The Labute approximate surface area is 94.5 Å². The molecule has 2 heteroatoms. The van der Waals surface area contributed by atoms with Gasteiger partial charge in [0.2, 0.25) is 0 Å². The molecule has 90 valence electrons. The van der Waals surface area contributed by atoms with Gasteiger partial charge >= 0.3 is 0 Å². The highest BCUT2D eigenvalue weighted by atomic mass is 16.3. The van der Waals surface area contributed by atoms with Crippen molar-refractivity contribution in [2.45, 2.75) is 58.4 Å². The molecule has 0 bridgehead atoms. The second kappa shape index (κ2) is 5.86. The van der Waals surface area contributed by atoms with E-state index in [-0.39, 0.29) is 12.1 Å². The van der Waals surface area contributed by atoms with E-state index in [1.165, 1.54) is 25.7 Å². The van der Waals surface area contributed by atoms with Crippen molar-refractivity contribution < 1.29 is 5.11 Å². The van der Waals surface area contributed by atoms with Gasteiger partial charge in [0.15, 0.2) is 0 Å². The van der Waals surface area contributed by atoms with E-state index in [1.807, 2.05) is 0 Å². The zero-order valence-corrected chi connectivity index (χ0v) is 10.6. The molecule has 0 spiro atoms. The van der Waals surface area contributed by atoms with Crippen LogP contribution in [0, 0.1) is 11.8 Å². The molecule has 0 amide bonds. The summed E-state index contributed by atoms with van der Waals surface area (Å²) in [7, 11) is 0. The maximum atomic E-state index is 8.94. The molecule has 1 aliphatic carbocycles. The van der Waals surface area contributed by atoms with Gasteiger partial charge in [-0.1, -0.05) is 19.8 Å². The maximum absolute atomic E-state index is 8.94. The van der Waals surface area contributed by atoms with E-state index >= 15 is 0 Å². The summed E-state index contributed by atoms with van der Waals surface area (Å²) in [5.74, 6) is 1.76. The van der Waals surface area contributed by atoms with Gasteiger partial charge in [0, 0.05) is 12.1 Å². The molecule has 1 fully saturated rings. The summed E-state index contributed by atoms with van der Waals surface area (Å²) >= 11 is 0. The van der Waals surface area contributed by atoms with E-state index in [0.717, 1.165) is 24.8 Å². The second-order valence-electron chi connectivity index (χ2n) is 5.88. The van der Waals surface area contributed by atoms with Crippen LogP contribution >= 0.6 is 0 Å². The van der Waals surface area contributed by atoms with Crippen molar-refractivity contribution in [3.8, 4) is 0 Å². The van der Waals surface area contributed by atoms with E-state index in [9.17, 15) is 0 Å². The van der Waals surface area contributed by atoms with E-state index in [0.29, 0.717) is 0 Å². The van der Waals surface area contributed by atoms with Crippen molar-refractivity contribution in [3.05, 3.63) is 0 Å². The molecule has 0 aromatic rings. The Morgan fingerprint density at radius 1 is 1.33 bits per heavy atom. The molecule has 0 radical (unpaired) electrons. The lowest BCUT2D eigenvalue weighted by Gasteiger charge is -2.32. The molecular formula is C13H27NO. The molecule has 1 rings (SSSR count). The van der Waals surface area contributed by atoms with Crippen molar-refractivity contribution in [3.63, 3.8) is 0 Å². The number of hydrogen-bond donors (Lipinski definition) is 2. The molecule has 2 unspecified atom stereocenters. The quantitative estimate of drug-likeness (QED) is 0.735. The molecule has 0 aromatic carbocycles. The Hall–Kier alpha value is -0.0800. The van der Waals surface area contributed by atoms with Crippen LogP contribution in [0.15, 0.2) is 0 Å². The monoisotopic (exact) mass is 213 g/mol. The van der Waals surface area contributed by atoms with Gasteiger partial charge in [0.05, 0.1) is 0 Å². The van der Waals surface area contributed by atoms with Crippen LogP contribution in [-0.4, -0.2) is 23.8 Å². The van der Waals surface area contributed by atoms with Crippen LogP contribution in [0.25, 0.3) is 0 Å². The van der Waals surface area contributed by atoms with Crippen LogP contribution in [-0.2, 0) is 0 Å². The highest BCUT2D eigenvalue weighted by molar-refractivity contribution is 4.80. The topological polar surface area (TPSA) is 32.3 Å². The standard InChI is InChI=1S/C13H27NO/c1-11-5-4-6-12(9-11)10-14-13(2,3)7-8-15/h11-12,14-15H,4-10H2,1-3H3. The van der Waals surface area contributed by atoms with Gasteiger partial charge in [-0.05, 0) is 51.5 Å². The van der Waals surface area contributed by atoms with Crippen molar-refractivity contribution in [2.24, 2.45) is 11.8 Å². The first-order valence-electron chi connectivity index (χ1n) is 6.39. The van der Waals surface area contributed by atoms with Gasteiger partial charge in [-0.15, -0.1) is 0 Å². The van der Waals surface area contributed by atoms with E-state index in [1.54, 1.807) is 0 Å². The maximum Gasteiger partial charge on any atom is 0.0448 e. The highest BCUT2D eigenvalue weighted by Crippen LogP contribution is 2.28. The van der Waals surface area contributed by atoms with Gasteiger partial charge in [-0.3, -0.25) is 0 Å². The zero-order valence-electron chi connectivity index (χ0n) is 10.6. The molecule has 2 atom stereocenters. The second-order valence-corrected chi connectivity index (χ2v) is 5.88. The van der Waals surface area contributed by atoms with Gasteiger partial charge in [-0.2, -0.15) is 0 Å². The Morgan fingerprint density at radius 3 is 2.67 bits per heavy atom. The summed E-state index contributed by atoms with van der Waals surface area (Å²) in [5.41, 5.74) is 0.0927. The molecular weight excluding hydrogens is 186 g/mol. The number of rotatable bonds is 5. The molecule has 1 aliphatic rings. The van der Waals surface area contributed by atoms with Crippen molar-refractivity contribution >= 4 is 0 Å². The molecule has 15 heavy (non-hydrogen) atoms. The van der Waals surface area contributed by atoms with Crippen LogP contribution in [0.2, 0.25) is 0 Å². The van der Waals surface area contributed by atoms with Crippen molar-refractivity contribution in [1.29, 1.82) is 0 Å². The Balaban J connectivity index is 2.23. The van der Waals surface area contributed by atoms with E-state index < -0.39 is 0 Å². The van der Waals surface area contributed by atoms with Crippen LogP contribution in [0.3, 0.4) is 0 Å². The van der Waals surface area contributed by atoms with Crippen molar-refractivity contribution in [2.75, 3.05) is 13.2 Å². The van der Waals surface area contributed by atoms with Crippen LogP contribution in [0.5, 0.6) is 0 Å². The molecule has 2 N–H and O–H groups in total. The third-order valence-electron chi connectivity index (χ3n) is 3.65. The van der Waals surface area contributed by atoms with Gasteiger partial charge in [0.25, 0.3) is 0 Å². The third kappa shape index (κ3) is 4.98. The number of nitrogens with one attached hydrogen (secondary N) is 1. The lowest BCUT2D eigenvalue weighted by molar-refractivity contribution is 0.208. The third-order valence-corrected chi connectivity index (χ3v) is 3.65. The summed E-state index contributed by atoms with van der Waals surface area (Å²) in [6.45, 7) is 8.12. The van der Waals surface area contributed by atoms with Crippen LogP contribution in [0.1, 0.15) is 52.9 Å². The molecule has 1 saturated carbocycles. The summed E-state index contributed by atoms with van der Waals surface area (Å²) in [6, 6.07) is 0. The van der Waals surface area contributed by atoms with E-state index in [2.05, 4.69) is 26.1 Å². The van der Waals surface area contributed by atoms with Crippen molar-refractivity contribution in [1.82, 2.24) is 5.32 Å². The Morgan fingerprint density at radius 2 is 2.07 bits per heavy atom. The Kier molecular flexibility index (Phi) is 5.07. The lowest BCUT2D eigenvalue weighted by Crippen LogP contribution is -2.43. The fourth-order valence-electron chi connectivity index (χ4n) is 2.53. The molecule has 0 aliphatic heterocycles. The lowest BCUT2D eigenvalue weighted by atomic mass is 9.82. The minimum absolute atomic E-state index is 0.0927. The van der Waals surface area contributed by atoms with Gasteiger partial charge in [0.1, 0.15) is 0 Å². The summed E-state index contributed by atoms with van der Waals surface area (Å²) in [6.07, 6.45) is 6.41. The molecule has 0 saturated heterocycles. The normalized spacial score (nSPS) is 28.0. The summed E-state index contributed by atoms with van der Waals surface area (Å²) < 4.78 is 0. The Bertz CT molecular complexity index is 179. The average Bonchev–Trinajstić information content (AvgIpc) is 2.15. The van der Waals surface area contributed by atoms with Gasteiger partial charge in [-0.25, -0.2) is 0 Å². The largest absolute Gasteiger partial charge is 0.396 e. The number of hydrogen-bond acceptors (Lipinski definition) is 2. The predicted octanol–water partition coefficient (Wildman–Crippen LogP) is 2.56. The zero-order chi connectivity index (χ0) is 11.3. The van der Waals surface area contributed by atoms with Crippen LogP contribution < -0.4 is 5.32 Å². The SMILES string of the molecule is CC1CCCC(CNC(C)(C)CCO)C1. The minimum Gasteiger partial charge on any atom is -0.396 e. The minimum atomic E-state index is 0.0927. The fraction of sp³-hybridized carbons (Fsp3) is 1.00. The smallest absolute Gasteiger partial charge is 0.0448 e. The van der Waals surface area contributed by atoms with Crippen LogP contribution in [0.4, 0.5) is 0 Å². The first-order valence-corrected chi connectivity index (χ1v) is 6.39. The highest BCUT2D eigenvalue weighted by Gasteiger charge is 2.22. The molecule has 0 aromatic heterocycles. The summed E-state index contributed by atoms with van der Waals surface area (Å²) in [4.78, 5) is 0. The predicted molar refractivity (Wildman–Crippen MR) is 64.9 cm³/mol. The fourth-order valence-corrected chi connectivity index (χ4v) is 2.53. The van der Waals surface area contributed by atoms with Gasteiger partial charge < -0.3 is 10.4 Å². The average molecular weight is 213 g/mol. The summed E-state index contributed by atoms with van der Waals surface area (Å²) in [5, 5.41) is 12.5. The first-order chi connectivity index (χ1) is 7.03. The van der Waals surface area contributed by atoms with E-state index in [4.69, 9.17) is 5.11 Å².